The summed E-state index contributed by atoms with van der Waals surface area (Å²) >= 11 is 0. The summed E-state index contributed by atoms with van der Waals surface area (Å²) in [4.78, 5) is 7.34. The van der Waals surface area contributed by atoms with Gasteiger partial charge in [0, 0.05) is 23.5 Å². The van der Waals surface area contributed by atoms with Crippen molar-refractivity contribution in [2.24, 2.45) is 4.99 Å². The van der Waals surface area contributed by atoms with Crippen LogP contribution in [0.2, 0.25) is 0 Å². The molecule has 1 aliphatic rings. The monoisotopic (exact) mass is 456 g/mol. The van der Waals surface area contributed by atoms with Crippen molar-refractivity contribution in [3.05, 3.63) is 77.4 Å². The van der Waals surface area contributed by atoms with Gasteiger partial charge in [-0.05, 0) is 124 Å². The van der Waals surface area contributed by atoms with E-state index in [2.05, 4.69) is 58.6 Å². The molecule has 178 valence electrons. The van der Waals surface area contributed by atoms with Crippen molar-refractivity contribution in [2.75, 3.05) is 12.0 Å². The third kappa shape index (κ3) is 4.96. The zero-order valence-electron chi connectivity index (χ0n) is 21.4. The molecule has 4 heteroatoms. The van der Waals surface area contributed by atoms with Gasteiger partial charge in [0.1, 0.15) is 17.2 Å². The van der Waals surface area contributed by atoms with E-state index in [0.29, 0.717) is 12.0 Å². The van der Waals surface area contributed by atoms with Crippen molar-refractivity contribution in [1.29, 1.82) is 0 Å². The number of fused-ring (bicyclic) bond motifs is 1. The summed E-state index contributed by atoms with van der Waals surface area (Å²) in [5, 5.41) is 0. The van der Waals surface area contributed by atoms with Gasteiger partial charge < -0.3 is 14.4 Å². The normalized spacial score (nSPS) is 17.2. The summed E-state index contributed by atoms with van der Waals surface area (Å²) in [5.74, 6) is 2.88. The maximum Gasteiger partial charge on any atom is 0.127 e. The summed E-state index contributed by atoms with van der Waals surface area (Å²) in [7, 11) is 1.66. The molecule has 0 saturated heterocycles. The molecule has 0 radical (unpaired) electrons. The van der Waals surface area contributed by atoms with Crippen LogP contribution in [0.25, 0.3) is 0 Å². The Morgan fingerprint density at radius 3 is 2.15 bits per heavy atom. The van der Waals surface area contributed by atoms with Crippen LogP contribution in [-0.2, 0) is 0 Å². The Labute approximate surface area is 204 Å². The highest BCUT2D eigenvalue weighted by atomic mass is 16.5. The number of hydrogen-bond donors (Lipinski definition) is 0. The van der Waals surface area contributed by atoms with Crippen LogP contribution in [0.4, 0.5) is 11.4 Å². The molecule has 1 unspecified atom stereocenters. The fraction of sp³-hybridized carbons (Fsp3) is 0.367. The minimum absolute atomic E-state index is 0.151. The molecule has 3 aromatic carbocycles. The molecule has 0 N–H and O–H groups in total. The van der Waals surface area contributed by atoms with Crippen LogP contribution in [0, 0.1) is 6.92 Å². The Morgan fingerprint density at radius 2 is 1.56 bits per heavy atom. The lowest BCUT2D eigenvalue weighted by molar-refractivity contribution is 0.356. The lowest BCUT2D eigenvalue weighted by Gasteiger charge is -2.50. The lowest BCUT2D eigenvalue weighted by Crippen LogP contribution is -2.51. The van der Waals surface area contributed by atoms with E-state index < -0.39 is 0 Å². The summed E-state index contributed by atoms with van der Waals surface area (Å²) in [6.45, 7) is 13.8. The number of aliphatic imine (C=N–C) groups is 1. The number of ether oxygens (including phenoxy) is 2. The highest BCUT2D eigenvalue weighted by molar-refractivity contribution is 5.86. The van der Waals surface area contributed by atoms with Gasteiger partial charge in [-0.15, -0.1) is 0 Å². The smallest absolute Gasteiger partial charge is 0.127 e. The van der Waals surface area contributed by atoms with E-state index in [1.807, 2.05) is 54.7 Å². The van der Waals surface area contributed by atoms with E-state index in [-0.39, 0.29) is 5.54 Å². The Morgan fingerprint density at radius 1 is 0.971 bits per heavy atom. The zero-order chi connectivity index (χ0) is 24.5. The van der Waals surface area contributed by atoms with Crippen molar-refractivity contribution in [2.45, 2.75) is 65.5 Å². The number of aryl methyl sites for hydroxylation is 1. The Hall–Kier alpha value is -3.27. The molecule has 0 aromatic heterocycles. The minimum Gasteiger partial charge on any atom is -0.497 e. The fourth-order valence-corrected chi connectivity index (χ4v) is 5.25. The standard InChI is InChI=1S/C30H36N2O2/c1-20(2)32-29-16-21(3)23(17-28(29)22(4)18-30(32,5)6)19-31-24-8-10-26(11-9-24)34-27-14-12-25(33-7)13-15-27/h8-17,19-20,22H,18H2,1-7H3. The molecule has 4 rings (SSSR count). The first-order chi connectivity index (χ1) is 16.2. The zero-order valence-corrected chi connectivity index (χ0v) is 21.4. The molecule has 34 heavy (non-hydrogen) atoms. The lowest BCUT2D eigenvalue weighted by atomic mass is 9.78. The number of hydrogen-bond acceptors (Lipinski definition) is 4. The van der Waals surface area contributed by atoms with Crippen molar-refractivity contribution in [3.8, 4) is 17.2 Å². The van der Waals surface area contributed by atoms with Gasteiger partial charge in [0.15, 0.2) is 0 Å². The second-order valence-corrected chi connectivity index (χ2v) is 10.2. The van der Waals surface area contributed by atoms with Crippen molar-refractivity contribution in [1.82, 2.24) is 0 Å². The van der Waals surface area contributed by atoms with Gasteiger partial charge >= 0.3 is 0 Å². The number of anilines is 1. The van der Waals surface area contributed by atoms with Crippen LogP contribution in [-0.4, -0.2) is 24.9 Å². The van der Waals surface area contributed by atoms with E-state index >= 15 is 0 Å². The van der Waals surface area contributed by atoms with Crippen LogP contribution in [0.3, 0.4) is 0 Å². The second kappa shape index (κ2) is 9.54. The molecule has 0 fully saturated rings. The van der Waals surface area contributed by atoms with Crippen LogP contribution in [0.15, 0.2) is 65.7 Å². The number of nitrogens with zero attached hydrogens (tertiary/aromatic N) is 2. The van der Waals surface area contributed by atoms with Crippen molar-refractivity contribution in [3.63, 3.8) is 0 Å². The van der Waals surface area contributed by atoms with Crippen LogP contribution in [0.5, 0.6) is 17.2 Å². The highest BCUT2D eigenvalue weighted by Crippen LogP contribution is 2.45. The van der Waals surface area contributed by atoms with Gasteiger partial charge in [0.25, 0.3) is 0 Å². The molecule has 3 aromatic rings. The number of benzene rings is 3. The predicted octanol–water partition coefficient (Wildman–Crippen LogP) is 8.05. The maximum atomic E-state index is 5.92. The van der Waals surface area contributed by atoms with E-state index in [1.54, 1.807) is 7.11 Å². The number of methoxy groups -OCH3 is 1. The van der Waals surface area contributed by atoms with E-state index in [0.717, 1.165) is 29.4 Å². The molecule has 0 amide bonds. The minimum atomic E-state index is 0.151. The van der Waals surface area contributed by atoms with Gasteiger partial charge in [0.2, 0.25) is 0 Å². The molecule has 0 aliphatic carbocycles. The van der Waals surface area contributed by atoms with E-state index in [1.165, 1.54) is 22.4 Å². The first kappa shape index (κ1) is 23.9. The molecule has 0 bridgehead atoms. The quantitative estimate of drug-likeness (QED) is 0.352. The third-order valence-electron chi connectivity index (χ3n) is 6.66. The largest absolute Gasteiger partial charge is 0.497 e. The van der Waals surface area contributed by atoms with Gasteiger partial charge in [-0.3, -0.25) is 4.99 Å². The predicted molar refractivity (Wildman–Crippen MR) is 143 cm³/mol. The van der Waals surface area contributed by atoms with Gasteiger partial charge in [0.05, 0.1) is 12.8 Å². The van der Waals surface area contributed by atoms with E-state index in [4.69, 9.17) is 14.5 Å². The highest BCUT2D eigenvalue weighted by Gasteiger charge is 2.37. The van der Waals surface area contributed by atoms with Crippen LogP contribution < -0.4 is 14.4 Å². The summed E-state index contributed by atoms with van der Waals surface area (Å²) in [6.07, 6.45) is 3.13. The van der Waals surface area contributed by atoms with Crippen molar-refractivity contribution < 1.29 is 9.47 Å². The van der Waals surface area contributed by atoms with Gasteiger partial charge in [-0.1, -0.05) is 6.92 Å². The summed E-state index contributed by atoms with van der Waals surface area (Å²) in [6, 6.07) is 20.6. The molecule has 4 nitrogen and oxygen atoms in total. The summed E-state index contributed by atoms with van der Waals surface area (Å²) < 4.78 is 11.1. The average molecular weight is 457 g/mol. The molecule has 1 heterocycles. The van der Waals surface area contributed by atoms with Crippen molar-refractivity contribution >= 4 is 17.6 Å². The third-order valence-corrected chi connectivity index (χ3v) is 6.66. The van der Waals surface area contributed by atoms with E-state index in [9.17, 15) is 0 Å². The first-order valence-electron chi connectivity index (χ1n) is 12.1. The number of rotatable bonds is 6. The Balaban J connectivity index is 1.53. The Kier molecular flexibility index (Phi) is 6.70. The molecule has 0 spiro atoms. The van der Waals surface area contributed by atoms with Crippen LogP contribution >= 0.6 is 0 Å². The first-order valence-corrected chi connectivity index (χ1v) is 12.1. The fourth-order valence-electron chi connectivity index (χ4n) is 5.25. The molecule has 1 aliphatic heterocycles. The van der Waals surface area contributed by atoms with Gasteiger partial charge in [-0.2, -0.15) is 0 Å². The van der Waals surface area contributed by atoms with Gasteiger partial charge in [-0.25, -0.2) is 0 Å². The second-order valence-electron chi connectivity index (χ2n) is 10.2. The molecular formula is C30H36N2O2. The summed E-state index contributed by atoms with van der Waals surface area (Å²) in [5.41, 5.74) is 6.26. The topological polar surface area (TPSA) is 34.1 Å². The molecule has 1 atom stereocenters. The Bertz CT molecular complexity index is 1160. The SMILES string of the molecule is COc1ccc(Oc2ccc(N=Cc3cc4c(cc3C)N(C(C)C)C(C)(C)CC4C)cc2)cc1. The molecule has 0 saturated carbocycles. The average Bonchev–Trinajstić information content (AvgIpc) is 2.78. The maximum absolute atomic E-state index is 5.92. The molecular weight excluding hydrogens is 420 g/mol. The van der Waals surface area contributed by atoms with Crippen LogP contribution in [0.1, 0.15) is 63.6 Å².